The van der Waals surface area contributed by atoms with E-state index >= 15 is 0 Å². The van der Waals surface area contributed by atoms with Crippen LogP contribution in [-0.4, -0.2) is 5.91 Å². The van der Waals surface area contributed by atoms with Crippen molar-refractivity contribution in [2.75, 3.05) is 0 Å². The molecule has 1 aromatic heterocycles. The first-order chi connectivity index (χ1) is 7.77. The molecule has 16 heavy (non-hydrogen) atoms. The van der Waals surface area contributed by atoms with Crippen molar-refractivity contribution in [3.8, 4) is 0 Å². The zero-order valence-electron chi connectivity index (χ0n) is 9.07. The molecule has 2 aromatic rings. The standard InChI is InChI=1S/C13H13NOS/c1-10-8-16-9-12(10)13(15)14-7-11-5-3-2-4-6-11/h2-6,8-9H,7H2,1H3,(H,14,15). The van der Waals surface area contributed by atoms with Gasteiger partial charge < -0.3 is 5.32 Å². The number of nitrogens with one attached hydrogen (secondary N) is 1. The van der Waals surface area contributed by atoms with Gasteiger partial charge in [0.15, 0.2) is 0 Å². The maximum Gasteiger partial charge on any atom is 0.252 e. The van der Waals surface area contributed by atoms with Crippen molar-refractivity contribution in [2.24, 2.45) is 0 Å². The van der Waals surface area contributed by atoms with Crippen molar-refractivity contribution in [3.63, 3.8) is 0 Å². The lowest BCUT2D eigenvalue weighted by molar-refractivity contribution is 0.0951. The van der Waals surface area contributed by atoms with Crippen LogP contribution >= 0.6 is 11.3 Å². The second-order valence-electron chi connectivity index (χ2n) is 3.64. The van der Waals surface area contributed by atoms with Crippen LogP contribution in [0.15, 0.2) is 41.1 Å². The van der Waals surface area contributed by atoms with Crippen LogP contribution in [0.2, 0.25) is 0 Å². The predicted molar refractivity (Wildman–Crippen MR) is 66.7 cm³/mol. The Bertz CT molecular complexity index is 476. The highest BCUT2D eigenvalue weighted by Gasteiger charge is 2.08. The van der Waals surface area contributed by atoms with Gasteiger partial charge in [0.1, 0.15) is 0 Å². The van der Waals surface area contributed by atoms with E-state index in [0.29, 0.717) is 6.54 Å². The summed E-state index contributed by atoms with van der Waals surface area (Å²) in [5.41, 5.74) is 2.93. The maximum absolute atomic E-state index is 11.8. The summed E-state index contributed by atoms with van der Waals surface area (Å²) in [6.07, 6.45) is 0. The third kappa shape index (κ3) is 2.49. The van der Waals surface area contributed by atoms with E-state index in [1.165, 1.54) is 0 Å². The fourth-order valence-corrected chi connectivity index (χ4v) is 2.29. The molecule has 2 rings (SSSR count). The average molecular weight is 231 g/mol. The first-order valence-corrected chi connectivity index (χ1v) is 6.06. The fourth-order valence-electron chi connectivity index (χ4n) is 1.47. The van der Waals surface area contributed by atoms with Gasteiger partial charge in [-0.1, -0.05) is 30.3 Å². The van der Waals surface area contributed by atoms with Crippen LogP contribution in [0.4, 0.5) is 0 Å². The van der Waals surface area contributed by atoms with Crippen molar-refractivity contribution in [1.29, 1.82) is 0 Å². The molecular weight excluding hydrogens is 218 g/mol. The molecule has 1 N–H and O–H groups in total. The van der Waals surface area contributed by atoms with E-state index in [1.807, 2.05) is 48.0 Å². The van der Waals surface area contributed by atoms with Gasteiger partial charge in [-0.05, 0) is 23.4 Å². The highest BCUT2D eigenvalue weighted by atomic mass is 32.1. The molecule has 0 aliphatic carbocycles. The van der Waals surface area contributed by atoms with Gasteiger partial charge in [-0.25, -0.2) is 0 Å². The Labute approximate surface area is 98.9 Å². The molecule has 0 fully saturated rings. The van der Waals surface area contributed by atoms with E-state index in [1.54, 1.807) is 11.3 Å². The fraction of sp³-hybridized carbons (Fsp3) is 0.154. The quantitative estimate of drug-likeness (QED) is 0.864. The third-order valence-corrected chi connectivity index (χ3v) is 3.26. The molecule has 0 saturated carbocycles. The Kier molecular flexibility index (Phi) is 3.37. The highest BCUT2D eigenvalue weighted by Crippen LogP contribution is 2.13. The van der Waals surface area contributed by atoms with Crippen molar-refractivity contribution in [2.45, 2.75) is 13.5 Å². The van der Waals surface area contributed by atoms with E-state index in [9.17, 15) is 4.79 Å². The molecule has 3 heteroatoms. The van der Waals surface area contributed by atoms with Gasteiger partial charge in [0.2, 0.25) is 0 Å². The predicted octanol–water partition coefficient (Wildman–Crippen LogP) is 2.99. The number of carbonyl (C=O) groups excluding carboxylic acids is 1. The molecule has 0 spiro atoms. The summed E-state index contributed by atoms with van der Waals surface area (Å²) in [7, 11) is 0. The molecule has 0 bridgehead atoms. The van der Waals surface area contributed by atoms with Gasteiger partial charge in [-0.15, -0.1) is 0 Å². The Morgan fingerprint density at radius 1 is 1.25 bits per heavy atom. The van der Waals surface area contributed by atoms with Crippen molar-refractivity contribution >= 4 is 17.2 Å². The monoisotopic (exact) mass is 231 g/mol. The average Bonchev–Trinajstić information content (AvgIpc) is 2.74. The van der Waals surface area contributed by atoms with E-state index in [-0.39, 0.29) is 5.91 Å². The Balaban J connectivity index is 1.97. The molecule has 0 aliphatic rings. The highest BCUT2D eigenvalue weighted by molar-refractivity contribution is 7.08. The Morgan fingerprint density at radius 2 is 2.00 bits per heavy atom. The van der Waals surface area contributed by atoms with Gasteiger partial charge >= 0.3 is 0 Å². The summed E-state index contributed by atoms with van der Waals surface area (Å²) in [6.45, 7) is 2.53. The molecule has 1 aromatic carbocycles. The molecule has 0 saturated heterocycles. The number of benzene rings is 1. The first kappa shape index (κ1) is 10.9. The van der Waals surface area contributed by atoms with Crippen LogP contribution in [0, 0.1) is 6.92 Å². The topological polar surface area (TPSA) is 29.1 Å². The summed E-state index contributed by atoms with van der Waals surface area (Å²) in [5.74, 6) is 0.00241. The second kappa shape index (κ2) is 4.94. The number of hydrogen-bond donors (Lipinski definition) is 1. The molecule has 1 amide bonds. The first-order valence-electron chi connectivity index (χ1n) is 5.12. The summed E-state index contributed by atoms with van der Waals surface area (Å²) >= 11 is 1.56. The van der Waals surface area contributed by atoms with Crippen molar-refractivity contribution < 1.29 is 4.79 Å². The van der Waals surface area contributed by atoms with Crippen LogP contribution in [0.25, 0.3) is 0 Å². The summed E-state index contributed by atoms with van der Waals surface area (Å²) in [6, 6.07) is 9.91. The van der Waals surface area contributed by atoms with E-state index in [0.717, 1.165) is 16.7 Å². The smallest absolute Gasteiger partial charge is 0.252 e. The maximum atomic E-state index is 11.8. The SMILES string of the molecule is Cc1cscc1C(=O)NCc1ccccc1. The lowest BCUT2D eigenvalue weighted by Gasteiger charge is -2.04. The zero-order valence-corrected chi connectivity index (χ0v) is 9.88. The van der Waals surface area contributed by atoms with E-state index in [2.05, 4.69) is 5.32 Å². The summed E-state index contributed by atoms with van der Waals surface area (Å²) < 4.78 is 0. The minimum atomic E-state index is 0.00241. The van der Waals surface area contributed by atoms with Crippen LogP contribution in [0.1, 0.15) is 21.5 Å². The number of hydrogen-bond acceptors (Lipinski definition) is 2. The third-order valence-electron chi connectivity index (χ3n) is 2.40. The molecule has 0 atom stereocenters. The molecule has 82 valence electrons. The van der Waals surface area contributed by atoms with E-state index in [4.69, 9.17) is 0 Å². The zero-order chi connectivity index (χ0) is 11.4. The second-order valence-corrected chi connectivity index (χ2v) is 4.38. The Morgan fingerprint density at radius 3 is 2.62 bits per heavy atom. The van der Waals surface area contributed by atoms with Crippen molar-refractivity contribution in [3.05, 3.63) is 57.8 Å². The molecule has 2 nitrogen and oxygen atoms in total. The largest absolute Gasteiger partial charge is 0.348 e. The lowest BCUT2D eigenvalue weighted by Crippen LogP contribution is -2.22. The Hall–Kier alpha value is -1.61. The number of thiophene rings is 1. The van der Waals surface area contributed by atoms with Crippen molar-refractivity contribution in [1.82, 2.24) is 5.32 Å². The summed E-state index contributed by atoms with van der Waals surface area (Å²) in [5, 5.41) is 6.78. The van der Waals surface area contributed by atoms with Crippen LogP contribution in [0.5, 0.6) is 0 Å². The van der Waals surface area contributed by atoms with Gasteiger partial charge in [0.25, 0.3) is 5.91 Å². The van der Waals surface area contributed by atoms with Crippen LogP contribution < -0.4 is 5.32 Å². The molecule has 0 unspecified atom stereocenters. The number of rotatable bonds is 3. The molecule has 0 radical (unpaired) electrons. The lowest BCUT2D eigenvalue weighted by atomic mass is 10.2. The van der Waals surface area contributed by atoms with Crippen LogP contribution in [-0.2, 0) is 6.54 Å². The number of amides is 1. The molecule has 0 aliphatic heterocycles. The number of carbonyl (C=O) groups is 1. The van der Waals surface area contributed by atoms with Gasteiger partial charge in [0.05, 0.1) is 5.56 Å². The summed E-state index contributed by atoms with van der Waals surface area (Å²) in [4.78, 5) is 11.8. The van der Waals surface area contributed by atoms with Gasteiger partial charge in [0, 0.05) is 11.9 Å². The normalized spacial score (nSPS) is 10.1. The molecular formula is C13H13NOS. The van der Waals surface area contributed by atoms with Gasteiger partial charge in [-0.3, -0.25) is 4.79 Å². The minimum absolute atomic E-state index is 0.00241. The minimum Gasteiger partial charge on any atom is -0.348 e. The number of aryl methyl sites for hydroxylation is 1. The van der Waals surface area contributed by atoms with Crippen LogP contribution in [0.3, 0.4) is 0 Å². The van der Waals surface area contributed by atoms with E-state index < -0.39 is 0 Å². The molecule has 1 heterocycles. The van der Waals surface area contributed by atoms with Gasteiger partial charge in [-0.2, -0.15) is 11.3 Å².